The number of nitrogens with two attached hydrogens (primary N) is 1. The first-order chi connectivity index (χ1) is 8.69. The van der Waals surface area contributed by atoms with Gasteiger partial charge in [0.05, 0.1) is 12.1 Å². The lowest BCUT2D eigenvalue weighted by Gasteiger charge is -2.31. The molecule has 0 radical (unpaired) electrons. The Morgan fingerprint density at radius 2 is 2.17 bits per heavy atom. The third-order valence-corrected chi connectivity index (χ3v) is 3.86. The minimum Gasteiger partial charge on any atom is -0.497 e. The predicted molar refractivity (Wildman–Crippen MR) is 77.8 cm³/mol. The van der Waals surface area contributed by atoms with E-state index in [1.165, 1.54) is 5.56 Å². The molecule has 0 bridgehead atoms. The molecule has 98 valence electrons. The van der Waals surface area contributed by atoms with Crippen LogP contribution in [0.15, 0.2) is 24.3 Å². The van der Waals surface area contributed by atoms with Gasteiger partial charge in [0, 0.05) is 12.5 Å². The van der Waals surface area contributed by atoms with Crippen molar-refractivity contribution in [1.82, 2.24) is 4.90 Å². The fourth-order valence-corrected chi connectivity index (χ4v) is 2.64. The highest BCUT2D eigenvalue weighted by Gasteiger charge is 2.20. The molecule has 1 aliphatic rings. The Bertz CT molecular complexity index is 414. The van der Waals surface area contributed by atoms with Crippen LogP contribution in [0.5, 0.6) is 5.75 Å². The van der Waals surface area contributed by atoms with Crippen LogP contribution in [0.3, 0.4) is 0 Å². The molecule has 1 heterocycles. The molecule has 1 fully saturated rings. The highest BCUT2D eigenvalue weighted by molar-refractivity contribution is 7.80. The summed E-state index contributed by atoms with van der Waals surface area (Å²) in [6.07, 6.45) is 2.17. The van der Waals surface area contributed by atoms with Crippen molar-refractivity contribution in [3.63, 3.8) is 0 Å². The van der Waals surface area contributed by atoms with E-state index in [0.717, 1.165) is 38.2 Å². The number of benzene rings is 1. The molecular weight excluding hydrogens is 244 g/mol. The maximum absolute atomic E-state index is 5.70. The van der Waals surface area contributed by atoms with Crippen molar-refractivity contribution >= 4 is 17.2 Å². The van der Waals surface area contributed by atoms with Crippen LogP contribution in [0.1, 0.15) is 18.4 Å². The lowest BCUT2D eigenvalue weighted by Crippen LogP contribution is -2.37. The third kappa shape index (κ3) is 3.43. The number of ether oxygens (including phenoxy) is 1. The van der Waals surface area contributed by atoms with E-state index in [0.29, 0.717) is 10.9 Å². The monoisotopic (exact) mass is 264 g/mol. The number of hydrogen-bond donors (Lipinski definition) is 1. The van der Waals surface area contributed by atoms with Gasteiger partial charge in [-0.2, -0.15) is 0 Å². The van der Waals surface area contributed by atoms with Crippen LogP contribution < -0.4 is 10.5 Å². The maximum Gasteiger partial charge on any atom is 0.119 e. The fraction of sp³-hybridized carbons (Fsp3) is 0.500. The molecule has 2 rings (SSSR count). The Morgan fingerprint density at radius 3 is 2.78 bits per heavy atom. The van der Waals surface area contributed by atoms with Crippen LogP contribution >= 0.6 is 12.2 Å². The number of nitrogens with zero attached hydrogens (tertiary/aromatic N) is 1. The topological polar surface area (TPSA) is 38.5 Å². The maximum atomic E-state index is 5.70. The van der Waals surface area contributed by atoms with Gasteiger partial charge in [-0.05, 0) is 43.6 Å². The number of thiocarbonyl (C=S) groups is 1. The molecule has 18 heavy (non-hydrogen) atoms. The van der Waals surface area contributed by atoms with Gasteiger partial charge in [-0.15, -0.1) is 0 Å². The van der Waals surface area contributed by atoms with Gasteiger partial charge in [-0.25, -0.2) is 0 Å². The van der Waals surface area contributed by atoms with E-state index in [9.17, 15) is 0 Å². The van der Waals surface area contributed by atoms with Gasteiger partial charge in [-0.3, -0.25) is 4.90 Å². The minimum absolute atomic E-state index is 0.432. The summed E-state index contributed by atoms with van der Waals surface area (Å²) < 4.78 is 5.24. The van der Waals surface area contributed by atoms with Crippen molar-refractivity contribution in [1.29, 1.82) is 0 Å². The van der Waals surface area contributed by atoms with Crippen LogP contribution in [0.25, 0.3) is 0 Å². The van der Waals surface area contributed by atoms with E-state index in [1.807, 2.05) is 12.1 Å². The predicted octanol–water partition coefficient (Wildman–Crippen LogP) is 2.19. The Morgan fingerprint density at radius 1 is 1.44 bits per heavy atom. The summed E-state index contributed by atoms with van der Waals surface area (Å²) in [5.41, 5.74) is 6.99. The first-order valence-electron chi connectivity index (χ1n) is 6.33. The van der Waals surface area contributed by atoms with Crippen molar-refractivity contribution in [2.75, 3.05) is 20.2 Å². The lowest BCUT2D eigenvalue weighted by molar-refractivity contribution is 0.202. The Hall–Kier alpha value is -1.13. The molecule has 0 spiro atoms. The molecule has 1 saturated heterocycles. The van der Waals surface area contributed by atoms with Crippen LogP contribution in [0, 0.1) is 5.92 Å². The minimum atomic E-state index is 0.432. The van der Waals surface area contributed by atoms with E-state index in [1.54, 1.807) is 7.11 Å². The molecule has 1 aliphatic heterocycles. The van der Waals surface area contributed by atoms with Crippen molar-refractivity contribution in [3.05, 3.63) is 29.8 Å². The molecule has 4 heteroatoms. The second kappa shape index (κ2) is 6.16. The number of piperidine rings is 1. The highest BCUT2D eigenvalue weighted by Crippen LogP contribution is 2.20. The van der Waals surface area contributed by atoms with Gasteiger partial charge in [0.1, 0.15) is 5.75 Å². The summed E-state index contributed by atoms with van der Waals surface area (Å²) in [6, 6.07) is 8.25. The average Bonchev–Trinajstić information content (AvgIpc) is 2.39. The van der Waals surface area contributed by atoms with Gasteiger partial charge in [0.25, 0.3) is 0 Å². The molecule has 0 amide bonds. The molecule has 3 nitrogen and oxygen atoms in total. The van der Waals surface area contributed by atoms with E-state index in [4.69, 9.17) is 22.7 Å². The summed E-state index contributed by atoms with van der Waals surface area (Å²) in [5.74, 6) is 1.35. The standard InChI is InChI=1S/C14H20N2OS/c1-17-13-4-2-3-11(9-13)10-16-7-5-12(6-8-16)14(15)18/h2-4,9,12H,5-8,10H2,1H3,(H2,15,18). The Balaban J connectivity index is 1.89. The number of hydrogen-bond acceptors (Lipinski definition) is 3. The summed E-state index contributed by atoms with van der Waals surface area (Å²) in [6.45, 7) is 3.11. The van der Waals surface area contributed by atoms with Gasteiger partial charge in [0.15, 0.2) is 0 Å². The summed E-state index contributed by atoms with van der Waals surface area (Å²) >= 11 is 5.06. The van der Waals surface area contributed by atoms with E-state index < -0.39 is 0 Å². The quantitative estimate of drug-likeness (QED) is 0.846. The average molecular weight is 264 g/mol. The zero-order valence-electron chi connectivity index (χ0n) is 10.8. The molecule has 2 N–H and O–H groups in total. The summed E-state index contributed by atoms with van der Waals surface area (Å²) in [5, 5.41) is 0. The van der Waals surface area contributed by atoms with Gasteiger partial charge < -0.3 is 10.5 Å². The highest BCUT2D eigenvalue weighted by atomic mass is 32.1. The Kier molecular flexibility index (Phi) is 4.55. The zero-order valence-corrected chi connectivity index (χ0v) is 11.6. The SMILES string of the molecule is COc1cccc(CN2CCC(C(N)=S)CC2)c1. The molecule has 0 atom stereocenters. The van der Waals surface area contributed by atoms with E-state index >= 15 is 0 Å². The van der Waals surface area contributed by atoms with Gasteiger partial charge in [-0.1, -0.05) is 24.4 Å². The van der Waals surface area contributed by atoms with Crippen LogP contribution in [0.2, 0.25) is 0 Å². The number of likely N-dealkylation sites (tertiary alicyclic amines) is 1. The zero-order chi connectivity index (χ0) is 13.0. The second-order valence-electron chi connectivity index (χ2n) is 4.80. The fourth-order valence-electron chi connectivity index (χ4n) is 2.40. The summed E-state index contributed by atoms with van der Waals surface area (Å²) in [7, 11) is 1.70. The van der Waals surface area contributed by atoms with Crippen LogP contribution in [-0.4, -0.2) is 30.1 Å². The van der Waals surface area contributed by atoms with Crippen LogP contribution in [-0.2, 0) is 6.54 Å². The first-order valence-corrected chi connectivity index (χ1v) is 6.74. The molecule has 0 unspecified atom stereocenters. The largest absolute Gasteiger partial charge is 0.497 e. The molecular formula is C14H20N2OS. The van der Waals surface area contributed by atoms with Crippen LogP contribution in [0.4, 0.5) is 0 Å². The van der Waals surface area contributed by atoms with Crippen molar-refractivity contribution in [2.45, 2.75) is 19.4 Å². The second-order valence-corrected chi connectivity index (χ2v) is 5.28. The Labute approximate surface area is 114 Å². The smallest absolute Gasteiger partial charge is 0.119 e. The normalized spacial score (nSPS) is 17.6. The van der Waals surface area contributed by atoms with E-state index in [2.05, 4.69) is 17.0 Å². The molecule has 0 saturated carbocycles. The molecule has 1 aromatic rings. The van der Waals surface area contributed by atoms with Crippen molar-refractivity contribution in [2.24, 2.45) is 11.7 Å². The third-order valence-electron chi connectivity index (χ3n) is 3.53. The first kappa shape index (κ1) is 13.3. The molecule has 1 aromatic carbocycles. The molecule has 0 aromatic heterocycles. The summed E-state index contributed by atoms with van der Waals surface area (Å²) in [4.78, 5) is 3.12. The van der Waals surface area contributed by atoms with Gasteiger partial charge in [0.2, 0.25) is 0 Å². The number of methoxy groups -OCH3 is 1. The lowest BCUT2D eigenvalue weighted by atomic mass is 9.96. The molecule has 0 aliphatic carbocycles. The van der Waals surface area contributed by atoms with Gasteiger partial charge >= 0.3 is 0 Å². The number of rotatable bonds is 4. The van der Waals surface area contributed by atoms with Crippen molar-refractivity contribution in [3.8, 4) is 5.75 Å². The van der Waals surface area contributed by atoms with E-state index in [-0.39, 0.29) is 0 Å². The van der Waals surface area contributed by atoms with Crippen molar-refractivity contribution < 1.29 is 4.74 Å².